The van der Waals surface area contributed by atoms with Gasteiger partial charge in [0.25, 0.3) is 0 Å². The molecule has 4 aromatic carbocycles. The zero-order valence-electron chi connectivity index (χ0n) is 32.3. The molecule has 308 valence electrons. The fourth-order valence-corrected chi connectivity index (χ4v) is 5.65. The van der Waals surface area contributed by atoms with Gasteiger partial charge in [-0.2, -0.15) is 0 Å². The van der Waals surface area contributed by atoms with E-state index in [9.17, 15) is 19.5 Å². The van der Waals surface area contributed by atoms with Crippen molar-refractivity contribution in [3.05, 3.63) is 127 Å². The molecule has 58 heavy (non-hydrogen) atoms. The van der Waals surface area contributed by atoms with E-state index in [-0.39, 0.29) is 50.6 Å². The molecule has 0 aromatic heterocycles. The molecular formula is C47H54O11. The van der Waals surface area contributed by atoms with Crippen molar-refractivity contribution in [2.24, 2.45) is 0 Å². The zero-order valence-corrected chi connectivity index (χ0v) is 32.3. The number of hydrogen-bond acceptors (Lipinski definition) is 11. The Morgan fingerprint density at radius 3 is 1.55 bits per heavy atom. The van der Waals surface area contributed by atoms with Crippen LogP contribution in [0, 0.1) is 0 Å². The molecule has 0 saturated heterocycles. The lowest BCUT2D eigenvalue weighted by Gasteiger charge is -2.17. The molecule has 0 atom stereocenters. The van der Waals surface area contributed by atoms with Crippen LogP contribution >= 0.6 is 0 Å². The lowest BCUT2D eigenvalue weighted by atomic mass is 9.91. The topological polar surface area (TPSA) is 158 Å². The molecule has 4 rings (SSSR count). The molecule has 3 N–H and O–H groups in total. The van der Waals surface area contributed by atoms with Gasteiger partial charge in [-0.15, -0.1) is 0 Å². The van der Waals surface area contributed by atoms with Crippen LogP contribution < -0.4 is 14.2 Å². The Labute approximate surface area is 340 Å². The van der Waals surface area contributed by atoms with Gasteiger partial charge in [0, 0.05) is 5.56 Å². The predicted octanol–water partition coefficient (Wildman–Crippen LogP) is 7.84. The average molecular weight is 795 g/mol. The lowest BCUT2D eigenvalue weighted by molar-refractivity contribution is -0.141. The number of carbonyl (C=O) groups excluding carboxylic acids is 3. The van der Waals surface area contributed by atoms with Gasteiger partial charge in [-0.25, -0.2) is 14.4 Å². The maximum atomic E-state index is 12.9. The molecular weight excluding hydrogens is 741 g/mol. The molecule has 0 saturated carbocycles. The summed E-state index contributed by atoms with van der Waals surface area (Å²) >= 11 is 0. The van der Waals surface area contributed by atoms with E-state index in [1.54, 1.807) is 12.1 Å². The molecule has 0 heterocycles. The van der Waals surface area contributed by atoms with Crippen LogP contribution in [0.2, 0.25) is 0 Å². The third kappa shape index (κ3) is 13.6. The second-order valence-corrected chi connectivity index (χ2v) is 13.1. The highest BCUT2D eigenvalue weighted by Gasteiger charge is 2.17. The summed E-state index contributed by atoms with van der Waals surface area (Å²) in [6.45, 7) is 11.4. The number of aryl methyl sites for hydroxylation is 1. The molecule has 0 aliphatic carbocycles. The summed E-state index contributed by atoms with van der Waals surface area (Å²) < 4.78 is 27.3. The number of aliphatic hydroxyl groups is 3. The van der Waals surface area contributed by atoms with Crippen molar-refractivity contribution in [1.29, 1.82) is 0 Å². The molecule has 11 heteroatoms. The van der Waals surface area contributed by atoms with Crippen LogP contribution in [0.4, 0.5) is 0 Å². The van der Waals surface area contributed by atoms with Gasteiger partial charge in [0.1, 0.15) is 43.7 Å². The minimum Gasteiger partial charge on any atom is -0.490 e. The van der Waals surface area contributed by atoms with Crippen molar-refractivity contribution in [2.75, 3.05) is 46.2 Å². The van der Waals surface area contributed by atoms with Gasteiger partial charge in [-0.05, 0) is 76.6 Å². The van der Waals surface area contributed by atoms with E-state index in [1.807, 2.05) is 60.7 Å². The van der Waals surface area contributed by atoms with Gasteiger partial charge in [0.15, 0.2) is 0 Å². The number of esters is 3. The second kappa shape index (κ2) is 23.9. The SMILES string of the molecule is C.C=C(CO)C(=O)OCCOc1ccc(-c2ccc(-c3ccc(-c4ccc(OCCOC(=O)C(=C)CO)cc4)c(OC(=O)C(=C)CO)c3)c(CCCCCC)c2)cc1. The Morgan fingerprint density at radius 1 is 0.534 bits per heavy atom. The molecule has 0 spiro atoms. The van der Waals surface area contributed by atoms with E-state index in [2.05, 4.69) is 38.8 Å². The Hall–Kier alpha value is -6.01. The quantitative estimate of drug-likeness (QED) is 0.0291. The van der Waals surface area contributed by atoms with Crippen LogP contribution in [-0.4, -0.2) is 79.5 Å². The predicted molar refractivity (Wildman–Crippen MR) is 225 cm³/mol. The number of ether oxygens (including phenoxy) is 5. The highest BCUT2D eigenvalue weighted by atomic mass is 16.6. The van der Waals surface area contributed by atoms with Crippen molar-refractivity contribution in [3.8, 4) is 50.6 Å². The molecule has 0 unspecified atom stereocenters. The molecule has 0 fully saturated rings. The first-order valence-electron chi connectivity index (χ1n) is 18.7. The van der Waals surface area contributed by atoms with E-state index in [4.69, 9.17) is 33.9 Å². The van der Waals surface area contributed by atoms with Crippen LogP contribution in [0.15, 0.2) is 121 Å². The van der Waals surface area contributed by atoms with Crippen molar-refractivity contribution in [1.82, 2.24) is 0 Å². The first kappa shape index (κ1) is 46.4. The average Bonchev–Trinajstić information content (AvgIpc) is 3.24. The number of carbonyl (C=O) groups is 3. The summed E-state index contributed by atoms with van der Waals surface area (Å²) in [5.41, 5.74) is 6.22. The molecule has 0 amide bonds. The van der Waals surface area contributed by atoms with Crippen molar-refractivity contribution in [2.45, 2.75) is 46.5 Å². The summed E-state index contributed by atoms with van der Waals surface area (Å²) in [6.07, 6.45) is 5.17. The van der Waals surface area contributed by atoms with E-state index in [0.717, 1.165) is 65.5 Å². The summed E-state index contributed by atoms with van der Waals surface area (Å²) in [6, 6.07) is 26.8. The van der Waals surface area contributed by atoms with E-state index >= 15 is 0 Å². The Morgan fingerprint density at radius 2 is 1.02 bits per heavy atom. The van der Waals surface area contributed by atoms with E-state index in [1.165, 1.54) is 0 Å². The first-order chi connectivity index (χ1) is 27.6. The van der Waals surface area contributed by atoms with E-state index in [0.29, 0.717) is 22.8 Å². The van der Waals surface area contributed by atoms with Crippen LogP contribution in [-0.2, 0) is 30.3 Å². The maximum Gasteiger partial charge on any atom is 0.341 e. The van der Waals surface area contributed by atoms with Crippen molar-refractivity contribution < 1.29 is 53.4 Å². The number of benzene rings is 4. The fourth-order valence-electron chi connectivity index (χ4n) is 5.65. The Bertz CT molecular complexity index is 2010. The largest absolute Gasteiger partial charge is 0.490 e. The summed E-state index contributed by atoms with van der Waals surface area (Å²) in [4.78, 5) is 36.3. The summed E-state index contributed by atoms with van der Waals surface area (Å²) in [7, 11) is 0. The Kier molecular flexibility index (Phi) is 19.1. The lowest BCUT2D eigenvalue weighted by Crippen LogP contribution is -2.15. The van der Waals surface area contributed by atoms with Gasteiger partial charge in [-0.1, -0.05) is 108 Å². The van der Waals surface area contributed by atoms with Crippen LogP contribution in [0.5, 0.6) is 17.2 Å². The van der Waals surface area contributed by atoms with Gasteiger partial charge in [-0.3, -0.25) is 0 Å². The summed E-state index contributed by atoms with van der Waals surface area (Å²) in [5, 5.41) is 27.6. The number of rotatable bonds is 23. The molecule has 0 radical (unpaired) electrons. The van der Waals surface area contributed by atoms with Crippen LogP contribution in [0.1, 0.15) is 45.6 Å². The van der Waals surface area contributed by atoms with Gasteiger partial charge >= 0.3 is 17.9 Å². The van der Waals surface area contributed by atoms with Gasteiger partial charge in [0.05, 0.1) is 36.5 Å². The second-order valence-electron chi connectivity index (χ2n) is 13.1. The molecule has 0 bridgehead atoms. The van der Waals surface area contributed by atoms with Crippen molar-refractivity contribution >= 4 is 17.9 Å². The molecule has 0 aliphatic heterocycles. The molecule has 0 aliphatic rings. The van der Waals surface area contributed by atoms with Gasteiger partial charge < -0.3 is 39.0 Å². The first-order valence-corrected chi connectivity index (χ1v) is 18.7. The number of aliphatic hydroxyl groups excluding tert-OH is 3. The highest BCUT2D eigenvalue weighted by molar-refractivity contribution is 5.92. The Balaban J connectivity index is 0.00000900. The smallest absolute Gasteiger partial charge is 0.341 e. The third-order valence-corrected chi connectivity index (χ3v) is 8.86. The third-order valence-electron chi connectivity index (χ3n) is 8.86. The number of unbranched alkanes of at least 4 members (excludes halogenated alkanes) is 3. The van der Waals surface area contributed by atoms with Crippen LogP contribution in [0.3, 0.4) is 0 Å². The van der Waals surface area contributed by atoms with Crippen molar-refractivity contribution in [3.63, 3.8) is 0 Å². The monoisotopic (exact) mass is 794 g/mol. The molecule has 11 nitrogen and oxygen atoms in total. The molecule has 4 aromatic rings. The standard InChI is InChI=1S/C46H50O11.CH4/c1-5-6-7-8-9-37-26-36(34-10-16-39(17-11-34)53-22-24-55-44(50)31(2)28-47)14-20-41(37)38-15-21-42(43(27-38)57-46(52)33(4)30-49)35-12-18-40(19-13-35)54-23-25-56-45(51)32(3)29-48;/h10-21,26-27,47-49H,2-9,22-25,28-30H2,1H3;1H4. The highest BCUT2D eigenvalue weighted by Crippen LogP contribution is 2.38. The normalized spacial score (nSPS) is 10.5. The minimum absolute atomic E-state index is 0. The zero-order chi connectivity index (χ0) is 41.2. The number of hydrogen-bond donors (Lipinski definition) is 3. The summed E-state index contributed by atoms with van der Waals surface area (Å²) in [5.74, 6) is -0.659. The maximum absolute atomic E-state index is 12.9. The van der Waals surface area contributed by atoms with E-state index < -0.39 is 37.7 Å². The van der Waals surface area contributed by atoms with Gasteiger partial charge in [0.2, 0.25) is 0 Å². The fraction of sp³-hybridized carbons (Fsp3) is 0.298. The van der Waals surface area contributed by atoms with Crippen LogP contribution in [0.25, 0.3) is 33.4 Å². The minimum atomic E-state index is -0.745.